The highest BCUT2D eigenvalue weighted by atomic mass is 16.1. The Labute approximate surface area is 192 Å². The van der Waals surface area contributed by atoms with Gasteiger partial charge in [-0.15, -0.1) is 0 Å². The zero-order chi connectivity index (χ0) is 22.8. The Kier molecular flexibility index (Phi) is 5.61. The lowest BCUT2D eigenvalue weighted by molar-refractivity contribution is -0.122. The van der Waals surface area contributed by atoms with Crippen LogP contribution >= 0.6 is 0 Å². The molecular weight excluding hydrogens is 414 g/mol. The highest BCUT2D eigenvalue weighted by Gasteiger charge is 2.26. The van der Waals surface area contributed by atoms with Crippen molar-refractivity contribution in [3.8, 4) is 17.3 Å². The monoisotopic (exact) mass is 439 g/mol. The number of anilines is 3. The summed E-state index contributed by atoms with van der Waals surface area (Å²) in [6, 6.07) is 13.8. The molecule has 5 rings (SSSR count). The van der Waals surface area contributed by atoms with Gasteiger partial charge >= 0.3 is 0 Å². The Bertz CT molecular complexity index is 1210. The summed E-state index contributed by atoms with van der Waals surface area (Å²) in [6.45, 7) is 1.55. The molecule has 2 aliphatic rings. The van der Waals surface area contributed by atoms with E-state index in [4.69, 9.17) is 16.0 Å². The minimum atomic E-state index is -0.210. The highest BCUT2D eigenvalue weighted by Crippen LogP contribution is 2.42. The number of nitrogens with one attached hydrogen (secondary N) is 1. The van der Waals surface area contributed by atoms with Gasteiger partial charge in [-0.05, 0) is 73.6 Å². The molecule has 1 aliphatic heterocycles. The number of hydrogen-bond donors (Lipinski definition) is 2. The predicted octanol–water partition coefficient (Wildman–Crippen LogP) is 3.73. The molecule has 2 fully saturated rings. The van der Waals surface area contributed by atoms with Crippen LogP contribution in [0.2, 0.25) is 0 Å². The predicted molar refractivity (Wildman–Crippen MR) is 126 cm³/mol. The first-order valence-corrected chi connectivity index (χ1v) is 11.2. The summed E-state index contributed by atoms with van der Waals surface area (Å²) >= 11 is 0. The van der Waals surface area contributed by atoms with E-state index in [1.807, 2.05) is 18.3 Å². The van der Waals surface area contributed by atoms with Crippen LogP contribution in [0.3, 0.4) is 0 Å². The average Bonchev–Trinajstić information content (AvgIpc) is 3.70. The van der Waals surface area contributed by atoms with E-state index in [0.29, 0.717) is 23.1 Å². The zero-order valence-corrected chi connectivity index (χ0v) is 18.2. The zero-order valence-electron chi connectivity index (χ0n) is 18.2. The Hall–Kier alpha value is -3.99. The molecular formula is C25H25N7O. The number of carbonyl (C=O) groups excluding carboxylic acids is 1. The van der Waals surface area contributed by atoms with Gasteiger partial charge in [0.15, 0.2) is 0 Å². The molecule has 3 aromatic rings. The van der Waals surface area contributed by atoms with Gasteiger partial charge in [0.25, 0.3) is 0 Å². The molecule has 166 valence electrons. The van der Waals surface area contributed by atoms with Gasteiger partial charge in [-0.25, -0.2) is 15.0 Å². The summed E-state index contributed by atoms with van der Waals surface area (Å²) in [5.41, 5.74) is 9.03. The smallest absolute Gasteiger partial charge is 0.220 e. The van der Waals surface area contributed by atoms with Crippen LogP contribution in [0.25, 0.3) is 11.3 Å². The molecule has 0 spiro atoms. The van der Waals surface area contributed by atoms with Crippen LogP contribution in [0.5, 0.6) is 0 Å². The van der Waals surface area contributed by atoms with Crippen LogP contribution < -0.4 is 16.0 Å². The number of aromatic nitrogens is 3. The van der Waals surface area contributed by atoms with Gasteiger partial charge in [0.1, 0.15) is 17.5 Å². The van der Waals surface area contributed by atoms with Crippen molar-refractivity contribution in [3.63, 3.8) is 0 Å². The van der Waals surface area contributed by atoms with Crippen molar-refractivity contribution < 1.29 is 4.79 Å². The maximum absolute atomic E-state index is 11.4. The number of rotatable bonds is 6. The molecule has 1 saturated carbocycles. The Morgan fingerprint density at radius 3 is 2.55 bits per heavy atom. The van der Waals surface area contributed by atoms with E-state index in [1.54, 1.807) is 18.3 Å². The normalized spacial score (nSPS) is 16.3. The fraction of sp³-hybridized carbons (Fsp3) is 0.320. The summed E-state index contributed by atoms with van der Waals surface area (Å²) in [4.78, 5) is 27.4. The van der Waals surface area contributed by atoms with Gasteiger partial charge in [-0.3, -0.25) is 4.79 Å². The van der Waals surface area contributed by atoms with Crippen molar-refractivity contribution in [2.45, 2.75) is 31.6 Å². The largest absolute Gasteiger partial charge is 0.369 e. The number of piperidine rings is 1. The summed E-state index contributed by atoms with van der Waals surface area (Å²) in [6.07, 6.45) is 7.36. The summed E-state index contributed by atoms with van der Waals surface area (Å²) in [7, 11) is 0. The molecule has 0 unspecified atom stereocenters. The number of primary amides is 1. The molecule has 1 amide bonds. The molecule has 3 N–H and O–H groups in total. The van der Waals surface area contributed by atoms with Gasteiger partial charge in [0, 0.05) is 37.0 Å². The van der Waals surface area contributed by atoms with Crippen LogP contribution in [-0.2, 0) is 4.79 Å². The molecule has 0 atom stereocenters. The Morgan fingerprint density at radius 2 is 1.88 bits per heavy atom. The SMILES string of the molecule is N#Cc1ccnc(Nc2cc(C3CC3)cc(-c3ccc(N4CCC(C(N)=O)CC4)nc3)n2)c1. The number of pyridine rings is 3. The van der Waals surface area contributed by atoms with E-state index in [-0.39, 0.29) is 11.8 Å². The standard InChI is InChI=1S/C25H25N7O/c26-14-16-5-8-28-22(11-16)31-23-13-20(17-1-2-17)12-21(30-23)19-3-4-24(29-15-19)32-9-6-18(7-10-32)25(27)33/h3-5,8,11-13,15,17-18H,1-2,6-7,9-10H2,(H2,27,33)(H,28,30,31). The van der Waals surface area contributed by atoms with E-state index >= 15 is 0 Å². The first-order chi connectivity index (χ1) is 16.1. The van der Waals surface area contributed by atoms with Crippen LogP contribution in [0.1, 0.15) is 42.7 Å². The van der Waals surface area contributed by atoms with Crippen LogP contribution in [0.4, 0.5) is 17.5 Å². The summed E-state index contributed by atoms with van der Waals surface area (Å²) in [5, 5.41) is 12.4. The van der Waals surface area contributed by atoms with Crippen molar-refractivity contribution >= 4 is 23.4 Å². The van der Waals surface area contributed by atoms with Crippen molar-refractivity contribution in [2.24, 2.45) is 11.7 Å². The number of nitriles is 1. The van der Waals surface area contributed by atoms with E-state index in [9.17, 15) is 4.79 Å². The number of carbonyl (C=O) groups is 1. The minimum Gasteiger partial charge on any atom is -0.369 e. The quantitative estimate of drug-likeness (QED) is 0.600. The second-order valence-electron chi connectivity index (χ2n) is 8.68. The number of nitrogens with zero attached hydrogens (tertiary/aromatic N) is 5. The minimum absolute atomic E-state index is 0.0378. The van der Waals surface area contributed by atoms with E-state index in [2.05, 4.69) is 38.4 Å². The van der Waals surface area contributed by atoms with Gasteiger partial charge in [-0.1, -0.05) is 0 Å². The molecule has 4 heterocycles. The molecule has 0 aromatic carbocycles. The average molecular weight is 440 g/mol. The fourth-order valence-electron chi connectivity index (χ4n) is 4.23. The van der Waals surface area contributed by atoms with E-state index < -0.39 is 0 Å². The molecule has 3 aromatic heterocycles. The molecule has 33 heavy (non-hydrogen) atoms. The number of amides is 1. The Morgan fingerprint density at radius 1 is 1.06 bits per heavy atom. The number of nitrogens with two attached hydrogens (primary N) is 1. The topological polar surface area (TPSA) is 121 Å². The van der Waals surface area contributed by atoms with Crippen molar-refractivity contribution in [1.29, 1.82) is 5.26 Å². The van der Waals surface area contributed by atoms with Crippen LogP contribution in [0, 0.1) is 17.2 Å². The van der Waals surface area contributed by atoms with E-state index in [0.717, 1.165) is 43.0 Å². The molecule has 8 heteroatoms. The van der Waals surface area contributed by atoms with Crippen molar-refractivity contribution in [3.05, 3.63) is 59.9 Å². The maximum atomic E-state index is 11.4. The Balaban J connectivity index is 1.37. The third-order valence-corrected chi connectivity index (χ3v) is 6.31. The van der Waals surface area contributed by atoms with Crippen molar-refractivity contribution in [1.82, 2.24) is 15.0 Å². The van der Waals surface area contributed by atoms with Gasteiger partial charge < -0.3 is 16.0 Å². The molecule has 8 nitrogen and oxygen atoms in total. The summed E-state index contributed by atoms with van der Waals surface area (Å²) in [5.74, 6) is 2.51. The second kappa shape index (κ2) is 8.87. The molecule has 1 saturated heterocycles. The number of hydrogen-bond acceptors (Lipinski definition) is 7. The van der Waals surface area contributed by atoms with Crippen molar-refractivity contribution in [2.75, 3.05) is 23.3 Å². The lowest BCUT2D eigenvalue weighted by Crippen LogP contribution is -2.38. The van der Waals surface area contributed by atoms with Gasteiger partial charge in [-0.2, -0.15) is 5.26 Å². The lowest BCUT2D eigenvalue weighted by Gasteiger charge is -2.31. The molecule has 1 aliphatic carbocycles. The summed E-state index contributed by atoms with van der Waals surface area (Å²) < 4.78 is 0. The first kappa shape index (κ1) is 20.9. The molecule has 0 radical (unpaired) electrons. The van der Waals surface area contributed by atoms with Gasteiger partial charge in [0.05, 0.1) is 17.3 Å². The first-order valence-electron chi connectivity index (χ1n) is 11.2. The third-order valence-electron chi connectivity index (χ3n) is 6.31. The van der Waals surface area contributed by atoms with Gasteiger partial charge in [0.2, 0.25) is 5.91 Å². The highest BCUT2D eigenvalue weighted by molar-refractivity contribution is 5.77. The second-order valence-corrected chi connectivity index (χ2v) is 8.68. The van der Waals surface area contributed by atoms with Crippen LogP contribution in [0.15, 0.2) is 48.8 Å². The van der Waals surface area contributed by atoms with Crippen LogP contribution in [-0.4, -0.2) is 33.9 Å². The van der Waals surface area contributed by atoms with E-state index in [1.165, 1.54) is 18.4 Å². The third kappa shape index (κ3) is 4.77. The lowest BCUT2D eigenvalue weighted by atomic mass is 9.96. The maximum Gasteiger partial charge on any atom is 0.220 e. The fourth-order valence-corrected chi connectivity index (χ4v) is 4.23. The molecule has 0 bridgehead atoms.